The quantitative estimate of drug-likeness (QED) is 0.383. The second-order valence-electron chi connectivity index (χ2n) is 8.03. The minimum atomic E-state index is -0.893. The predicted octanol–water partition coefficient (Wildman–Crippen LogP) is 4.77. The Labute approximate surface area is 196 Å². The average molecular weight is 451 g/mol. The summed E-state index contributed by atoms with van der Waals surface area (Å²) in [6.07, 6.45) is -2.32. The van der Waals surface area contributed by atoms with Crippen LogP contribution >= 0.6 is 0 Å². The topological polar surface area (TPSA) is 57.2 Å². The summed E-state index contributed by atoms with van der Waals surface area (Å²) in [6.45, 7) is 3.20. The fraction of sp³-hybridized carbons (Fsp3) is 0.357. The summed E-state index contributed by atoms with van der Waals surface area (Å²) in [7, 11) is 1.64. The van der Waals surface area contributed by atoms with Crippen LogP contribution in [0, 0.1) is 0 Å². The van der Waals surface area contributed by atoms with Crippen molar-refractivity contribution < 1.29 is 24.1 Å². The number of benzene rings is 3. The fourth-order valence-electron chi connectivity index (χ4n) is 3.56. The Morgan fingerprint density at radius 3 is 1.52 bits per heavy atom. The van der Waals surface area contributed by atoms with Gasteiger partial charge in [-0.05, 0) is 23.6 Å². The summed E-state index contributed by atoms with van der Waals surface area (Å²) >= 11 is 0. The highest BCUT2D eigenvalue weighted by Crippen LogP contribution is 2.20. The van der Waals surface area contributed by atoms with E-state index in [-0.39, 0.29) is 12.7 Å². The van der Waals surface area contributed by atoms with Gasteiger partial charge in [-0.2, -0.15) is 0 Å². The van der Waals surface area contributed by atoms with Crippen LogP contribution in [0.2, 0.25) is 0 Å². The molecule has 1 N–H and O–H groups in total. The zero-order valence-electron chi connectivity index (χ0n) is 19.4. The van der Waals surface area contributed by atoms with Gasteiger partial charge >= 0.3 is 0 Å². The van der Waals surface area contributed by atoms with Crippen LogP contribution in [0.1, 0.15) is 23.6 Å². The molecule has 0 heterocycles. The molecule has 0 radical (unpaired) electrons. The van der Waals surface area contributed by atoms with Crippen molar-refractivity contribution in [2.45, 2.75) is 51.2 Å². The second kappa shape index (κ2) is 13.9. The molecule has 0 bridgehead atoms. The highest BCUT2D eigenvalue weighted by Gasteiger charge is 2.34. The van der Waals surface area contributed by atoms with E-state index in [1.165, 1.54) is 0 Å². The molecule has 3 aromatic carbocycles. The van der Waals surface area contributed by atoms with Crippen molar-refractivity contribution in [1.82, 2.24) is 0 Å². The average Bonchev–Trinajstić information content (AvgIpc) is 2.87. The van der Waals surface area contributed by atoms with Gasteiger partial charge in [0, 0.05) is 7.11 Å². The van der Waals surface area contributed by atoms with Crippen molar-refractivity contribution in [3.8, 4) is 0 Å². The maximum absolute atomic E-state index is 11.1. The molecule has 3 rings (SSSR count). The largest absolute Gasteiger partial charge is 0.388 e. The van der Waals surface area contributed by atoms with E-state index in [9.17, 15) is 5.11 Å². The summed E-state index contributed by atoms with van der Waals surface area (Å²) in [6, 6.07) is 29.7. The number of methoxy groups -OCH3 is 1. The molecule has 0 amide bonds. The Morgan fingerprint density at radius 2 is 1.06 bits per heavy atom. The predicted molar refractivity (Wildman–Crippen MR) is 129 cm³/mol. The van der Waals surface area contributed by atoms with E-state index in [1.54, 1.807) is 7.11 Å². The highest BCUT2D eigenvalue weighted by molar-refractivity contribution is 5.15. The Hall–Kier alpha value is -2.54. The van der Waals surface area contributed by atoms with Gasteiger partial charge in [0.15, 0.2) is 0 Å². The molecule has 33 heavy (non-hydrogen) atoms. The van der Waals surface area contributed by atoms with E-state index in [2.05, 4.69) is 0 Å². The summed E-state index contributed by atoms with van der Waals surface area (Å²) in [5.41, 5.74) is 3.11. The van der Waals surface area contributed by atoms with Crippen molar-refractivity contribution in [1.29, 1.82) is 0 Å². The Kier molecular flexibility index (Phi) is 10.6. The van der Waals surface area contributed by atoms with Crippen molar-refractivity contribution >= 4 is 0 Å². The number of hydrogen-bond donors (Lipinski definition) is 1. The van der Waals surface area contributed by atoms with E-state index in [0.717, 1.165) is 16.7 Å². The van der Waals surface area contributed by atoms with Gasteiger partial charge in [0.05, 0.1) is 32.5 Å². The van der Waals surface area contributed by atoms with Gasteiger partial charge in [-0.1, -0.05) is 91.0 Å². The van der Waals surface area contributed by atoms with Crippen LogP contribution in [-0.4, -0.2) is 43.2 Å². The van der Waals surface area contributed by atoms with Crippen LogP contribution in [0.4, 0.5) is 0 Å². The molecule has 0 saturated heterocycles. The number of hydrogen-bond acceptors (Lipinski definition) is 5. The minimum Gasteiger partial charge on any atom is -0.388 e. The molecule has 0 saturated carbocycles. The van der Waals surface area contributed by atoms with E-state index in [4.69, 9.17) is 18.9 Å². The maximum Gasteiger partial charge on any atom is 0.115 e. The number of aliphatic hydroxyl groups excluding tert-OH is 1. The third-order valence-electron chi connectivity index (χ3n) is 5.51. The molecule has 5 nitrogen and oxygen atoms in total. The summed E-state index contributed by atoms with van der Waals surface area (Å²) in [4.78, 5) is 0. The van der Waals surface area contributed by atoms with Crippen molar-refractivity contribution in [3.63, 3.8) is 0 Å². The molecule has 176 valence electrons. The lowest BCUT2D eigenvalue weighted by molar-refractivity contribution is -0.177. The molecule has 0 aromatic heterocycles. The van der Waals surface area contributed by atoms with Gasteiger partial charge in [-0.3, -0.25) is 0 Å². The monoisotopic (exact) mass is 450 g/mol. The third kappa shape index (κ3) is 8.39. The van der Waals surface area contributed by atoms with Crippen LogP contribution in [0.15, 0.2) is 91.0 Å². The van der Waals surface area contributed by atoms with E-state index in [1.807, 2.05) is 97.9 Å². The minimum absolute atomic E-state index is 0.121. The lowest BCUT2D eigenvalue weighted by atomic mass is 10.0. The highest BCUT2D eigenvalue weighted by atomic mass is 16.6. The van der Waals surface area contributed by atoms with Crippen LogP contribution in [0.5, 0.6) is 0 Å². The van der Waals surface area contributed by atoms with Crippen molar-refractivity contribution in [2.75, 3.05) is 13.7 Å². The molecule has 0 fully saturated rings. The van der Waals surface area contributed by atoms with Gasteiger partial charge in [0.25, 0.3) is 0 Å². The third-order valence-corrected chi connectivity index (χ3v) is 5.51. The standard InChI is InChI=1S/C28H34O5/c1-22(30-2)27(32-19-24-14-8-4-9-15-24)28(33-20-25-16-10-5-11-17-25)26(29)21-31-18-23-12-6-3-7-13-23/h3-17,22,26-29H,18-21H2,1-2H3/t22-,26-,27+,28+/m1/s1. The molecule has 4 atom stereocenters. The number of aliphatic hydroxyl groups is 1. The molecular formula is C28H34O5. The van der Waals surface area contributed by atoms with Crippen LogP contribution in [0.25, 0.3) is 0 Å². The first-order valence-electron chi connectivity index (χ1n) is 11.3. The zero-order valence-corrected chi connectivity index (χ0v) is 19.4. The molecule has 5 heteroatoms. The Morgan fingerprint density at radius 1 is 0.636 bits per heavy atom. The second-order valence-corrected chi connectivity index (χ2v) is 8.03. The smallest absolute Gasteiger partial charge is 0.115 e. The summed E-state index contributed by atoms with van der Waals surface area (Å²) in [5.74, 6) is 0. The fourth-order valence-corrected chi connectivity index (χ4v) is 3.56. The normalized spacial score (nSPS) is 15.0. The summed E-state index contributed by atoms with van der Waals surface area (Å²) < 4.78 is 23.9. The maximum atomic E-state index is 11.1. The van der Waals surface area contributed by atoms with Crippen LogP contribution in [0.3, 0.4) is 0 Å². The van der Waals surface area contributed by atoms with E-state index < -0.39 is 18.3 Å². The van der Waals surface area contributed by atoms with Gasteiger partial charge in [0.2, 0.25) is 0 Å². The van der Waals surface area contributed by atoms with E-state index >= 15 is 0 Å². The molecule has 3 aromatic rings. The number of ether oxygens (including phenoxy) is 4. The first-order valence-corrected chi connectivity index (χ1v) is 11.3. The molecular weight excluding hydrogens is 416 g/mol. The molecule has 0 aliphatic heterocycles. The summed E-state index contributed by atoms with van der Waals surface area (Å²) in [5, 5.41) is 11.1. The van der Waals surface area contributed by atoms with Crippen LogP contribution in [-0.2, 0) is 38.8 Å². The Bertz CT molecular complexity index is 888. The van der Waals surface area contributed by atoms with Crippen LogP contribution < -0.4 is 0 Å². The lowest BCUT2D eigenvalue weighted by Crippen LogP contribution is -2.49. The van der Waals surface area contributed by atoms with Gasteiger partial charge < -0.3 is 24.1 Å². The molecule has 0 spiro atoms. The lowest BCUT2D eigenvalue weighted by Gasteiger charge is -2.34. The number of rotatable bonds is 14. The molecule has 0 aliphatic carbocycles. The van der Waals surface area contributed by atoms with Crippen molar-refractivity contribution in [2.24, 2.45) is 0 Å². The first-order chi connectivity index (χ1) is 16.2. The van der Waals surface area contributed by atoms with E-state index in [0.29, 0.717) is 19.8 Å². The molecule has 0 aliphatic rings. The SMILES string of the molecule is CO[C@H](C)[C@H](OCc1ccccc1)[C@@H](OCc1ccccc1)[C@H](O)COCc1ccccc1. The Balaban J connectivity index is 1.69. The van der Waals surface area contributed by atoms with Gasteiger partial charge in [-0.25, -0.2) is 0 Å². The zero-order chi connectivity index (χ0) is 23.3. The van der Waals surface area contributed by atoms with Gasteiger partial charge in [0.1, 0.15) is 18.3 Å². The molecule has 0 unspecified atom stereocenters. The van der Waals surface area contributed by atoms with Crippen molar-refractivity contribution in [3.05, 3.63) is 108 Å². The first kappa shape index (κ1) is 25.1. The van der Waals surface area contributed by atoms with Gasteiger partial charge in [-0.15, -0.1) is 0 Å².